The summed E-state index contributed by atoms with van der Waals surface area (Å²) < 4.78 is 6.56. The van der Waals surface area contributed by atoms with Crippen LogP contribution in [0.25, 0.3) is 22.2 Å². The van der Waals surface area contributed by atoms with E-state index in [1.165, 1.54) is 0 Å². The third-order valence-corrected chi connectivity index (χ3v) is 5.44. The maximum absolute atomic E-state index is 13.5. The highest BCUT2D eigenvalue weighted by molar-refractivity contribution is 6.35. The second-order valence-corrected chi connectivity index (χ2v) is 7.79. The number of aryl methyl sites for hydroxylation is 1. The molecule has 0 radical (unpaired) electrons. The lowest BCUT2D eigenvalue weighted by atomic mass is 10.0. The molecule has 0 unspecified atom stereocenters. The van der Waals surface area contributed by atoms with Crippen molar-refractivity contribution in [2.24, 2.45) is 0 Å². The van der Waals surface area contributed by atoms with E-state index in [1.807, 2.05) is 13.0 Å². The molecule has 0 aliphatic carbocycles. The van der Waals surface area contributed by atoms with Gasteiger partial charge in [0, 0.05) is 49.7 Å². The van der Waals surface area contributed by atoms with Gasteiger partial charge in [0.15, 0.2) is 5.69 Å². The molecule has 174 valence electrons. The summed E-state index contributed by atoms with van der Waals surface area (Å²) in [6, 6.07) is 10.6. The van der Waals surface area contributed by atoms with Gasteiger partial charge in [-0.05, 0) is 31.2 Å². The van der Waals surface area contributed by atoms with Crippen molar-refractivity contribution in [3.05, 3.63) is 71.3 Å². The lowest BCUT2D eigenvalue weighted by Crippen LogP contribution is -2.28. The minimum Gasteiger partial charge on any atom is -0.383 e. The van der Waals surface area contributed by atoms with Gasteiger partial charge in [0.2, 0.25) is 0 Å². The van der Waals surface area contributed by atoms with Crippen LogP contribution in [0.5, 0.6) is 0 Å². The van der Waals surface area contributed by atoms with Gasteiger partial charge in [-0.3, -0.25) is 19.3 Å². The van der Waals surface area contributed by atoms with Crippen LogP contribution in [0.4, 0.5) is 5.69 Å². The summed E-state index contributed by atoms with van der Waals surface area (Å²) in [6.07, 6.45) is 4.96. The van der Waals surface area contributed by atoms with Crippen LogP contribution in [0.2, 0.25) is 5.02 Å². The van der Waals surface area contributed by atoms with Gasteiger partial charge in [0.25, 0.3) is 11.8 Å². The Labute approximate surface area is 201 Å². The number of halogens is 1. The van der Waals surface area contributed by atoms with Crippen molar-refractivity contribution in [1.29, 1.82) is 0 Å². The fraction of sp³-hybridized carbons (Fsp3) is 0.208. The van der Waals surface area contributed by atoms with Gasteiger partial charge in [-0.25, -0.2) is 4.98 Å². The number of pyridine rings is 2. The number of nitrogens with one attached hydrogen (secondary N) is 2. The third-order valence-electron chi connectivity index (χ3n) is 5.13. The van der Waals surface area contributed by atoms with Crippen LogP contribution in [0.15, 0.2) is 55.0 Å². The molecule has 0 aliphatic rings. The number of ether oxygens (including phenoxy) is 1. The number of amides is 2. The fourth-order valence-electron chi connectivity index (χ4n) is 3.45. The third kappa shape index (κ3) is 4.90. The number of fused-ring (bicyclic) bond motifs is 1. The zero-order valence-electron chi connectivity index (χ0n) is 18.7. The van der Waals surface area contributed by atoms with Crippen molar-refractivity contribution in [3.63, 3.8) is 0 Å². The Balaban J connectivity index is 1.73. The predicted molar refractivity (Wildman–Crippen MR) is 130 cm³/mol. The maximum Gasteiger partial charge on any atom is 0.274 e. The Hall–Kier alpha value is -3.82. The Bertz CT molecular complexity index is 1340. The van der Waals surface area contributed by atoms with Crippen molar-refractivity contribution in [3.8, 4) is 11.3 Å². The molecule has 4 rings (SSSR count). The molecule has 0 spiro atoms. The molecule has 0 atom stereocenters. The van der Waals surface area contributed by atoms with Crippen LogP contribution in [-0.4, -0.2) is 51.8 Å². The number of para-hydroxylation sites is 1. The molecule has 0 aliphatic heterocycles. The summed E-state index contributed by atoms with van der Waals surface area (Å²) in [7, 11) is 1.55. The molecule has 9 nitrogen and oxygen atoms in total. The number of carbonyl (C=O) groups excluding carboxylic acids is 2. The quantitative estimate of drug-likeness (QED) is 0.373. The molecule has 0 bridgehead atoms. The average molecular weight is 479 g/mol. The van der Waals surface area contributed by atoms with Gasteiger partial charge in [-0.15, -0.1) is 0 Å². The summed E-state index contributed by atoms with van der Waals surface area (Å²) in [5.41, 5.74) is 2.58. The van der Waals surface area contributed by atoms with Gasteiger partial charge >= 0.3 is 0 Å². The van der Waals surface area contributed by atoms with Gasteiger partial charge in [-0.1, -0.05) is 23.7 Å². The van der Waals surface area contributed by atoms with Crippen molar-refractivity contribution in [1.82, 2.24) is 25.1 Å². The molecule has 0 saturated heterocycles. The zero-order valence-corrected chi connectivity index (χ0v) is 19.5. The van der Waals surface area contributed by atoms with E-state index in [9.17, 15) is 9.59 Å². The van der Waals surface area contributed by atoms with E-state index in [-0.39, 0.29) is 5.69 Å². The molecular weight excluding hydrogens is 456 g/mol. The molecule has 1 aromatic carbocycles. The maximum atomic E-state index is 13.5. The van der Waals surface area contributed by atoms with Gasteiger partial charge in [0.05, 0.1) is 34.1 Å². The monoisotopic (exact) mass is 478 g/mol. The molecule has 3 aromatic heterocycles. The Morgan fingerprint density at radius 3 is 2.76 bits per heavy atom. The highest BCUT2D eigenvalue weighted by Crippen LogP contribution is 2.29. The largest absolute Gasteiger partial charge is 0.383 e. The second-order valence-electron chi connectivity index (χ2n) is 7.38. The first kappa shape index (κ1) is 23.3. The van der Waals surface area contributed by atoms with Crippen LogP contribution < -0.4 is 10.6 Å². The minimum atomic E-state index is -0.415. The van der Waals surface area contributed by atoms with Crippen molar-refractivity contribution in [2.45, 2.75) is 13.5 Å². The Kier molecular flexibility index (Phi) is 7.15. The Morgan fingerprint density at radius 2 is 2.03 bits per heavy atom. The topological polar surface area (TPSA) is 111 Å². The van der Waals surface area contributed by atoms with Gasteiger partial charge in [0.1, 0.15) is 0 Å². The standard InChI is InChI=1S/C24H23ClN6O3/c1-3-31-14-20(22(30-31)24(33)27-10-11-34-2)29-23(32)17-12-19(15-6-5-9-26-13-15)28-21-16(17)7-4-8-18(21)25/h4-9,12-14H,3,10-11H2,1-2H3,(H,27,33)(H,29,32). The lowest BCUT2D eigenvalue weighted by Gasteiger charge is -2.11. The SMILES string of the molecule is CCn1cc(NC(=O)c2cc(-c3cccnc3)nc3c(Cl)cccc23)c(C(=O)NCCOC)n1. The summed E-state index contributed by atoms with van der Waals surface area (Å²) in [6.45, 7) is 3.11. The molecule has 4 aromatic rings. The first-order valence-corrected chi connectivity index (χ1v) is 11.0. The summed E-state index contributed by atoms with van der Waals surface area (Å²) >= 11 is 6.42. The minimum absolute atomic E-state index is 0.121. The number of hydrogen-bond donors (Lipinski definition) is 2. The van der Waals surface area contributed by atoms with E-state index < -0.39 is 11.8 Å². The molecule has 2 amide bonds. The number of aromatic nitrogens is 4. The van der Waals surface area contributed by atoms with Crippen LogP contribution in [0, 0.1) is 0 Å². The first-order valence-electron chi connectivity index (χ1n) is 10.7. The number of nitrogens with zero attached hydrogens (tertiary/aromatic N) is 4. The summed E-state index contributed by atoms with van der Waals surface area (Å²) in [4.78, 5) is 34.9. The molecule has 10 heteroatoms. The lowest BCUT2D eigenvalue weighted by molar-refractivity contribution is 0.0932. The van der Waals surface area contributed by atoms with Crippen molar-refractivity contribution >= 4 is 40.0 Å². The Morgan fingerprint density at radius 1 is 1.18 bits per heavy atom. The van der Waals surface area contributed by atoms with Gasteiger partial charge in [-0.2, -0.15) is 5.10 Å². The molecule has 3 heterocycles. The number of benzene rings is 1. The average Bonchev–Trinajstić information content (AvgIpc) is 3.27. The molecular formula is C24H23ClN6O3. The van der Waals surface area contributed by atoms with E-state index in [0.29, 0.717) is 52.6 Å². The summed E-state index contributed by atoms with van der Waals surface area (Å²) in [5, 5.41) is 10.9. The normalized spacial score (nSPS) is 10.9. The van der Waals surface area contributed by atoms with E-state index >= 15 is 0 Å². The summed E-state index contributed by atoms with van der Waals surface area (Å²) in [5.74, 6) is -0.820. The van der Waals surface area contributed by atoms with Crippen molar-refractivity contribution in [2.75, 3.05) is 25.6 Å². The van der Waals surface area contributed by atoms with Crippen molar-refractivity contribution < 1.29 is 14.3 Å². The molecule has 2 N–H and O–H groups in total. The van der Waals surface area contributed by atoms with Crippen LogP contribution in [0.1, 0.15) is 27.8 Å². The fourth-order valence-corrected chi connectivity index (χ4v) is 3.66. The van der Waals surface area contributed by atoms with Crippen LogP contribution in [-0.2, 0) is 11.3 Å². The molecule has 0 saturated carbocycles. The second kappa shape index (κ2) is 10.4. The van der Waals surface area contributed by atoms with Gasteiger partial charge < -0.3 is 15.4 Å². The molecule has 0 fully saturated rings. The number of anilines is 1. The zero-order chi connectivity index (χ0) is 24.1. The number of hydrogen-bond acceptors (Lipinski definition) is 6. The van der Waals surface area contributed by atoms with Crippen LogP contribution in [0.3, 0.4) is 0 Å². The smallest absolute Gasteiger partial charge is 0.274 e. The van der Waals surface area contributed by atoms with E-state index in [2.05, 4.69) is 25.7 Å². The first-order chi connectivity index (χ1) is 16.5. The number of carbonyl (C=O) groups is 2. The number of rotatable bonds is 8. The van der Waals surface area contributed by atoms with E-state index in [4.69, 9.17) is 16.3 Å². The van der Waals surface area contributed by atoms with Crippen LogP contribution >= 0.6 is 11.6 Å². The van der Waals surface area contributed by atoms with E-state index in [0.717, 1.165) is 5.56 Å². The van der Waals surface area contributed by atoms with E-state index in [1.54, 1.807) is 60.7 Å². The highest BCUT2D eigenvalue weighted by Gasteiger charge is 2.21. The molecule has 34 heavy (non-hydrogen) atoms. The highest BCUT2D eigenvalue weighted by atomic mass is 35.5. The predicted octanol–water partition coefficient (Wildman–Crippen LogP) is 3.80. The number of methoxy groups -OCH3 is 1.